The first kappa shape index (κ1) is 12.4. The Labute approximate surface area is 103 Å². The third-order valence-corrected chi connectivity index (χ3v) is 3.73. The van der Waals surface area contributed by atoms with Crippen molar-refractivity contribution in [3.05, 3.63) is 24.0 Å². The van der Waals surface area contributed by atoms with Crippen LogP contribution in [-0.2, 0) is 0 Å². The fraction of sp³-hybridized carbons (Fsp3) is 0.643. The Morgan fingerprint density at radius 2 is 2.00 bits per heavy atom. The Kier molecular flexibility index (Phi) is 4.00. The molecule has 0 radical (unpaired) electrons. The van der Waals surface area contributed by atoms with Crippen molar-refractivity contribution in [2.75, 3.05) is 11.9 Å². The van der Waals surface area contributed by atoms with E-state index in [2.05, 4.69) is 23.0 Å². The summed E-state index contributed by atoms with van der Waals surface area (Å²) >= 11 is 0. The third kappa shape index (κ3) is 2.97. The second-order valence-electron chi connectivity index (χ2n) is 5.02. The van der Waals surface area contributed by atoms with E-state index in [4.69, 9.17) is 0 Å². The second kappa shape index (κ2) is 5.50. The second-order valence-corrected chi connectivity index (χ2v) is 5.02. The minimum Gasteiger partial charge on any atom is -0.387 e. The van der Waals surface area contributed by atoms with Crippen LogP contribution in [0, 0.1) is 0 Å². The molecule has 1 saturated carbocycles. The summed E-state index contributed by atoms with van der Waals surface area (Å²) in [6, 6.07) is 4.63. The highest BCUT2D eigenvalue weighted by atomic mass is 16.3. The van der Waals surface area contributed by atoms with E-state index in [1.807, 2.05) is 12.3 Å². The lowest BCUT2D eigenvalue weighted by Gasteiger charge is -2.32. The van der Waals surface area contributed by atoms with Gasteiger partial charge in [0.05, 0.1) is 23.7 Å². The molecule has 0 bridgehead atoms. The van der Waals surface area contributed by atoms with Crippen LogP contribution in [0.5, 0.6) is 0 Å². The van der Waals surface area contributed by atoms with Gasteiger partial charge in [0.25, 0.3) is 0 Å². The summed E-state index contributed by atoms with van der Waals surface area (Å²) in [6.45, 7) is 1.74. The summed E-state index contributed by atoms with van der Waals surface area (Å²) in [7, 11) is 2.15. The van der Waals surface area contributed by atoms with Crippen LogP contribution in [0.1, 0.15) is 50.8 Å². The molecule has 2 rings (SSSR count). The molecule has 0 saturated heterocycles. The van der Waals surface area contributed by atoms with E-state index in [9.17, 15) is 5.11 Å². The molecule has 94 valence electrons. The Hall–Kier alpha value is -1.09. The Morgan fingerprint density at radius 3 is 2.53 bits per heavy atom. The van der Waals surface area contributed by atoms with E-state index in [1.54, 1.807) is 6.92 Å². The molecule has 1 aromatic heterocycles. The van der Waals surface area contributed by atoms with Crippen molar-refractivity contribution in [3.63, 3.8) is 0 Å². The van der Waals surface area contributed by atoms with Gasteiger partial charge in [0, 0.05) is 13.1 Å². The monoisotopic (exact) mass is 234 g/mol. The van der Waals surface area contributed by atoms with Crippen molar-refractivity contribution in [2.24, 2.45) is 0 Å². The Morgan fingerprint density at radius 1 is 1.29 bits per heavy atom. The molecule has 0 amide bonds. The van der Waals surface area contributed by atoms with E-state index in [0.29, 0.717) is 6.04 Å². The average molecular weight is 234 g/mol. The van der Waals surface area contributed by atoms with Gasteiger partial charge in [-0.2, -0.15) is 0 Å². The van der Waals surface area contributed by atoms with Gasteiger partial charge in [-0.1, -0.05) is 19.3 Å². The first-order valence-corrected chi connectivity index (χ1v) is 6.55. The van der Waals surface area contributed by atoms with Gasteiger partial charge in [-0.05, 0) is 31.9 Å². The van der Waals surface area contributed by atoms with Crippen LogP contribution in [0.15, 0.2) is 18.3 Å². The zero-order valence-corrected chi connectivity index (χ0v) is 10.8. The van der Waals surface area contributed by atoms with Crippen molar-refractivity contribution in [1.29, 1.82) is 0 Å². The molecule has 1 aliphatic carbocycles. The van der Waals surface area contributed by atoms with E-state index < -0.39 is 6.10 Å². The highest BCUT2D eigenvalue weighted by Crippen LogP contribution is 2.26. The van der Waals surface area contributed by atoms with Gasteiger partial charge in [0.2, 0.25) is 0 Å². The first-order valence-electron chi connectivity index (χ1n) is 6.55. The number of aromatic nitrogens is 1. The molecule has 1 heterocycles. The predicted octanol–water partition coefficient (Wildman–Crippen LogP) is 2.90. The lowest BCUT2D eigenvalue weighted by molar-refractivity contribution is 0.194. The number of hydrogen-bond donors (Lipinski definition) is 1. The van der Waals surface area contributed by atoms with E-state index in [-0.39, 0.29) is 0 Å². The SMILES string of the molecule is C[C@@H](O)c1ccc(N(C)C2CCCCC2)cn1. The fourth-order valence-corrected chi connectivity index (χ4v) is 2.53. The molecule has 0 spiro atoms. The molecular formula is C14H22N2O. The molecule has 1 aliphatic rings. The quantitative estimate of drug-likeness (QED) is 0.873. The van der Waals surface area contributed by atoms with Crippen LogP contribution in [0.25, 0.3) is 0 Å². The lowest BCUT2D eigenvalue weighted by atomic mass is 9.94. The number of nitrogens with zero attached hydrogens (tertiary/aromatic N) is 2. The standard InChI is InChI=1S/C14H22N2O/c1-11(17)14-9-8-13(10-15-14)16(2)12-6-4-3-5-7-12/h8-12,17H,3-7H2,1-2H3/t11-/m1/s1. The van der Waals surface area contributed by atoms with E-state index in [0.717, 1.165) is 11.4 Å². The van der Waals surface area contributed by atoms with Gasteiger partial charge in [-0.25, -0.2) is 0 Å². The summed E-state index contributed by atoms with van der Waals surface area (Å²) in [4.78, 5) is 6.63. The first-order chi connectivity index (χ1) is 8.18. The van der Waals surface area contributed by atoms with Crippen LogP contribution in [-0.4, -0.2) is 23.2 Å². The number of pyridine rings is 1. The molecule has 3 nitrogen and oxygen atoms in total. The maximum Gasteiger partial charge on any atom is 0.0931 e. The summed E-state index contributed by atoms with van der Waals surface area (Å²) in [5.41, 5.74) is 1.90. The third-order valence-electron chi connectivity index (χ3n) is 3.73. The summed E-state index contributed by atoms with van der Waals surface area (Å²) < 4.78 is 0. The van der Waals surface area contributed by atoms with Crippen LogP contribution in [0.2, 0.25) is 0 Å². The van der Waals surface area contributed by atoms with Gasteiger partial charge in [-0.3, -0.25) is 4.98 Å². The van der Waals surface area contributed by atoms with Crippen molar-refractivity contribution in [2.45, 2.75) is 51.2 Å². The van der Waals surface area contributed by atoms with Crippen molar-refractivity contribution in [1.82, 2.24) is 4.98 Å². The molecule has 1 aromatic rings. The average Bonchev–Trinajstić information content (AvgIpc) is 2.39. The summed E-state index contributed by atoms with van der Waals surface area (Å²) in [5, 5.41) is 9.43. The van der Waals surface area contributed by atoms with Crippen molar-refractivity contribution >= 4 is 5.69 Å². The number of aliphatic hydroxyl groups is 1. The highest BCUT2D eigenvalue weighted by molar-refractivity contribution is 5.45. The molecule has 3 heteroatoms. The topological polar surface area (TPSA) is 36.4 Å². The van der Waals surface area contributed by atoms with Crippen LogP contribution >= 0.6 is 0 Å². The largest absolute Gasteiger partial charge is 0.387 e. The fourth-order valence-electron chi connectivity index (χ4n) is 2.53. The number of hydrogen-bond acceptors (Lipinski definition) is 3. The molecule has 1 fully saturated rings. The number of rotatable bonds is 3. The van der Waals surface area contributed by atoms with Crippen LogP contribution in [0.4, 0.5) is 5.69 Å². The summed E-state index contributed by atoms with van der Waals surface area (Å²) in [5.74, 6) is 0. The number of aliphatic hydroxyl groups excluding tert-OH is 1. The Bertz CT molecular complexity index is 342. The summed E-state index contributed by atoms with van der Waals surface area (Å²) in [6.07, 6.45) is 8.02. The zero-order chi connectivity index (χ0) is 12.3. The minimum atomic E-state index is -0.482. The molecule has 0 aromatic carbocycles. The normalized spacial score (nSPS) is 19.0. The van der Waals surface area contributed by atoms with Crippen molar-refractivity contribution in [3.8, 4) is 0 Å². The molecule has 0 aliphatic heterocycles. The van der Waals surface area contributed by atoms with Gasteiger partial charge >= 0.3 is 0 Å². The minimum absolute atomic E-state index is 0.482. The maximum absolute atomic E-state index is 9.43. The zero-order valence-electron chi connectivity index (χ0n) is 10.8. The predicted molar refractivity (Wildman–Crippen MR) is 70.1 cm³/mol. The molecule has 17 heavy (non-hydrogen) atoms. The van der Waals surface area contributed by atoms with E-state index >= 15 is 0 Å². The highest BCUT2D eigenvalue weighted by Gasteiger charge is 2.18. The Balaban J connectivity index is 2.05. The van der Waals surface area contributed by atoms with Gasteiger partial charge in [0.1, 0.15) is 0 Å². The molecule has 1 atom stereocenters. The van der Waals surface area contributed by atoms with Crippen LogP contribution in [0.3, 0.4) is 0 Å². The van der Waals surface area contributed by atoms with Crippen LogP contribution < -0.4 is 4.90 Å². The smallest absolute Gasteiger partial charge is 0.0931 e. The van der Waals surface area contributed by atoms with Crippen molar-refractivity contribution < 1.29 is 5.11 Å². The maximum atomic E-state index is 9.43. The lowest BCUT2D eigenvalue weighted by Crippen LogP contribution is -2.33. The van der Waals surface area contributed by atoms with Gasteiger partial charge < -0.3 is 10.0 Å². The molecule has 1 N–H and O–H groups in total. The van der Waals surface area contributed by atoms with E-state index in [1.165, 1.54) is 32.1 Å². The molecular weight excluding hydrogens is 212 g/mol. The van der Waals surface area contributed by atoms with Gasteiger partial charge in [0.15, 0.2) is 0 Å². The van der Waals surface area contributed by atoms with Gasteiger partial charge in [-0.15, -0.1) is 0 Å². The molecule has 0 unspecified atom stereocenters. The number of anilines is 1.